The van der Waals surface area contributed by atoms with Crippen LogP contribution in [0.4, 0.5) is 0 Å². The molecule has 1 saturated carbocycles. The van der Waals surface area contributed by atoms with Crippen LogP contribution in [0.15, 0.2) is 0 Å². The van der Waals surface area contributed by atoms with Crippen LogP contribution in [0, 0.1) is 17.8 Å². The molecule has 1 aliphatic carbocycles. The zero-order valence-corrected chi connectivity index (χ0v) is 11.8. The van der Waals surface area contributed by atoms with Gasteiger partial charge in [-0.15, -0.1) is 0 Å². The van der Waals surface area contributed by atoms with Gasteiger partial charge >= 0.3 is 0 Å². The monoisotopic (exact) mass is 252 g/mol. The van der Waals surface area contributed by atoms with Gasteiger partial charge in [0.15, 0.2) is 0 Å². The van der Waals surface area contributed by atoms with Crippen molar-refractivity contribution in [2.24, 2.45) is 17.8 Å². The van der Waals surface area contributed by atoms with Crippen LogP contribution in [0.25, 0.3) is 0 Å². The third-order valence-electron chi connectivity index (χ3n) is 6.57. The second-order valence-corrected chi connectivity index (χ2v) is 7.50. The lowest BCUT2D eigenvalue weighted by atomic mass is 9.71. The van der Waals surface area contributed by atoms with Gasteiger partial charge in [0.05, 0.1) is 11.7 Å². The molecule has 0 unspecified atom stereocenters. The Labute approximate surface area is 109 Å². The molecule has 3 heteroatoms. The van der Waals surface area contributed by atoms with Crippen LogP contribution in [0.2, 0.25) is 0 Å². The third-order valence-corrected chi connectivity index (χ3v) is 6.57. The van der Waals surface area contributed by atoms with Gasteiger partial charge in [0.25, 0.3) is 0 Å². The molecule has 4 rings (SSSR count). The van der Waals surface area contributed by atoms with Crippen LogP contribution in [0.1, 0.15) is 47.0 Å². The number of hydrogen-bond acceptors (Lipinski definition) is 3. The van der Waals surface area contributed by atoms with Gasteiger partial charge in [-0.2, -0.15) is 0 Å². The Bertz CT molecular complexity index is 407. The molecule has 3 heterocycles. The summed E-state index contributed by atoms with van der Waals surface area (Å²) in [7, 11) is 0. The lowest BCUT2D eigenvalue weighted by Gasteiger charge is -2.45. The molecule has 1 N–H and O–H groups in total. The fourth-order valence-electron chi connectivity index (χ4n) is 5.38. The molecule has 0 aromatic carbocycles. The van der Waals surface area contributed by atoms with Crippen molar-refractivity contribution in [1.82, 2.24) is 0 Å². The zero-order chi connectivity index (χ0) is 12.9. The van der Waals surface area contributed by atoms with Crippen molar-refractivity contribution in [2.75, 3.05) is 0 Å². The maximum absolute atomic E-state index is 10.6. The predicted octanol–water partition coefficient (Wildman–Crippen LogP) is 2.12. The van der Waals surface area contributed by atoms with Crippen molar-refractivity contribution in [1.29, 1.82) is 0 Å². The van der Waals surface area contributed by atoms with E-state index in [1.165, 1.54) is 6.42 Å². The minimum atomic E-state index is -0.387. The maximum atomic E-state index is 10.6. The molecule has 1 spiro atoms. The van der Waals surface area contributed by atoms with Crippen LogP contribution in [-0.2, 0) is 9.47 Å². The highest BCUT2D eigenvalue weighted by atomic mass is 16.7. The van der Waals surface area contributed by atoms with Crippen LogP contribution in [0.5, 0.6) is 0 Å². The average Bonchev–Trinajstić information content (AvgIpc) is 2.88. The molecule has 0 aromatic rings. The van der Waals surface area contributed by atoms with Gasteiger partial charge < -0.3 is 14.6 Å². The van der Waals surface area contributed by atoms with Crippen molar-refractivity contribution in [3.8, 4) is 0 Å². The Hall–Kier alpha value is -0.120. The van der Waals surface area contributed by atoms with E-state index in [0.29, 0.717) is 17.8 Å². The molecule has 18 heavy (non-hydrogen) atoms. The van der Waals surface area contributed by atoms with E-state index in [1.807, 2.05) is 0 Å². The second-order valence-electron chi connectivity index (χ2n) is 7.50. The van der Waals surface area contributed by atoms with Gasteiger partial charge in [-0.1, -0.05) is 20.8 Å². The quantitative estimate of drug-likeness (QED) is 0.727. The molecule has 3 aliphatic heterocycles. The first-order chi connectivity index (χ1) is 8.38. The summed E-state index contributed by atoms with van der Waals surface area (Å²) in [6, 6.07) is 0. The molecule has 2 bridgehead atoms. The van der Waals surface area contributed by atoms with Crippen LogP contribution >= 0.6 is 0 Å². The van der Waals surface area contributed by atoms with Crippen LogP contribution in [-0.4, -0.2) is 34.1 Å². The number of fused-ring (bicyclic) bond motifs is 4. The summed E-state index contributed by atoms with van der Waals surface area (Å²) < 4.78 is 12.8. The first-order valence-corrected chi connectivity index (χ1v) is 7.44. The molecule has 0 aromatic heterocycles. The minimum Gasteiger partial charge on any atom is -0.390 e. The molecule has 7 atom stereocenters. The lowest BCUT2D eigenvalue weighted by Crippen LogP contribution is -2.58. The number of aliphatic hydroxyl groups is 1. The number of rotatable bonds is 1. The largest absolute Gasteiger partial charge is 0.390 e. The summed E-state index contributed by atoms with van der Waals surface area (Å²) in [5.74, 6) is 1.39. The van der Waals surface area contributed by atoms with E-state index in [9.17, 15) is 5.11 Å². The Kier molecular flexibility index (Phi) is 1.93. The Morgan fingerprint density at radius 3 is 2.67 bits per heavy atom. The summed E-state index contributed by atoms with van der Waals surface area (Å²) in [6.07, 6.45) is 2.98. The van der Waals surface area contributed by atoms with Crippen molar-refractivity contribution >= 4 is 0 Å². The van der Waals surface area contributed by atoms with E-state index in [2.05, 4.69) is 27.7 Å². The number of aliphatic hydroxyl groups excluding tert-OH is 1. The van der Waals surface area contributed by atoms with E-state index in [-0.39, 0.29) is 29.0 Å². The molecular weight excluding hydrogens is 228 g/mol. The Morgan fingerprint density at radius 1 is 1.28 bits per heavy atom. The smallest absolute Gasteiger partial charge is 0.117 e. The Balaban J connectivity index is 1.86. The number of epoxide rings is 1. The highest BCUT2D eigenvalue weighted by Gasteiger charge is 2.84. The molecule has 3 saturated heterocycles. The normalized spacial score (nSPS) is 65.0. The second kappa shape index (κ2) is 2.97. The van der Waals surface area contributed by atoms with E-state index in [1.54, 1.807) is 0 Å². The highest BCUT2D eigenvalue weighted by molar-refractivity contribution is 5.32. The summed E-state index contributed by atoms with van der Waals surface area (Å²) in [5.41, 5.74) is -0.611. The number of ether oxygens (including phenoxy) is 2. The van der Waals surface area contributed by atoms with Crippen molar-refractivity contribution in [3.63, 3.8) is 0 Å². The zero-order valence-electron chi connectivity index (χ0n) is 11.8. The number of hydrogen-bond donors (Lipinski definition) is 1. The van der Waals surface area contributed by atoms with Gasteiger partial charge in [-0.05, 0) is 31.6 Å². The van der Waals surface area contributed by atoms with Gasteiger partial charge in [0.1, 0.15) is 17.3 Å². The van der Waals surface area contributed by atoms with Crippen LogP contribution < -0.4 is 0 Å². The SMILES string of the molecule is CC(C)[C@@]12C[C@@H](O)[C@@](C)(O1)[C@@H]1CC[C@@H](C)[C@@]13O[C@H]32. The molecule has 102 valence electrons. The molecule has 0 radical (unpaired) electrons. The van der Waals surface area contributed by atoms with Gasteiger partial charge in [0.2, 0.25) is 0 Å². The van der Waals surface area contributed by atoms with E-state index in [0.717, 1.165) is 12.8 Å². The topological polar surface area (TPSA) is 42.0 Å². The standard InChI is InChI=1S/C15H24O3/c1-8(2)14-7-11(16)13(4,18-14)10-6-5-9(3)15(10)12(14)17-15/h8-12,16H,5-7H2,1-4H3/t9-,10+,11-,12+,13+,14-,15-/m1/s1. The summed E-state index contributed by atoms with van der Waals surface area (Å²) >= 11 is 0. The first kappa shape index (κ1) is 11.7. The fourth-order valence-corrected chi connectivity index (χ4v) is 5.38. The van der Waals surface area contributed by atoms with Crippen molar-refractivity contribution in [3.05, 3.63) is 0 Å². The van der Waals surface area contributed by atoms with Crippen molar-refractivity contribution < 1.29 is 14.6 Å². The Morgan fingerprint density at radius 2 is 2.00 bits per heavy atom. The molecular formula is C15H24O3. The predicted molar refractivity (Wildman–Crippen MR) is 67.2 cm³/mol. The third kappa shape index (κ3) is 0.949. The molecule has 0 amide bonds. The van der Waals surface area contributed by atoms with Crippen LogP contribution in [0.3, 0.4) is 0 Å². The van der Waals surface area contributed by atoms with E-state index in [4.69, 9.17) is 9.47 Å². The maximum Gasteiger partial charge on any atom is 0.117 e. The van der Waals surface area contributed by atoms with Gasteiger partial charge in [0, 0.05) is 12.3 Å². The summed E-state index contributed by atoms with van der Waals surface area (Å²) in [4.78, 5) is 0. The molecule has 3 nitrogen and oxygen atoms in total. The first-order valence-electron chi connectivity index (χ1n) is 7.44. The summed E-state index contributed by atoms with van der Waals surface area (Å²) in [5, 5.41) is 10.6. The fraction of sp³-hybridized carbons (Fsp3) is 1.00. The summed E-state index contributed by atoms with van der Waals surface area (Å²) in [6.45, 7) is 8.83. The van der Waals surface area contributed by atoms with Gasteiger partial charge in [-0.3, -0.25) is 0 Å². The minimum absolute atomic E-state index is 0.0226. The van der Waals surface area contributed by atoms with E-state index < -0.39 is 0 Å². The lowest BCUT2D eigenvalue weighted by molar-refractivity contribution is -0.187. The average molecular weight is 252 g/mol. The van der Waals surface area contributed by atoms with Gasteiger partial charge in [-0.25, -0.2) is 0 Å². The highest BCUT2D eigenvalue weighted by Crippen LogP contribution is 2.72. The van der Waals surface area contributed by atoms with E-state index >= 15 is 0 Å². The van der Waals surface area contributed by atoms with Crippen molar-refractivity contribution in [2.45, 2.75) is 76.0 Å². The molecule has 4 aliphatic rings. The molecule has 4 fully saturated rings.